The maximum absolute atomic E-state index is 13.2. The standard InChI is InChI=1S/C22H22ClN5O3S/c1-31-11-18-22(30)27(10-14-2-4-16-17(8-14)25-13-26-21(16)24)6-7-28(18)20(29)5-3-15-9-19(23)32-12-15/h2-5,8-9,12-13,18H,6-7,10-11H2,1H3,(H2,24,25,26)/b5-3+. The number of hydrogen-bond acceptors (Lipinski definition) is 7. The summed E-state index contributed by atoms with van der Waals surface area (Å²) in [7, 11) is 1.52. The van der Waals surface area contributed by atoms with Crippen LogP contribution in [0, 0.1) is 0 Å². The number of aromatic nitrogens is 2. The summed E-state index contributed by atoms with van der Waals surface area (Å²) in [5.74, 6) is 0.0312. The van der Waals surface area contributed by atoms with Gasteiger partial charge in [0.25, 0.3) is 0 Å². The summed E-state index contributed by atoms with van der Waals surface area (Å²) in [4.78, 5) is 37.6. The molecule has 0 spiro atoms. The molecule has 1 aliphatic heterocycles. The highest BCUT2D eigenvalue weighted by atomic mass is 35.5. The number of carbonyl (C=O) groups is 2. The summed E-state index contributed by atoms with van der Waals surface area (Å²) in [6.07, 6.45) is 4.59. The van der Waals surface area contributed by atoms with Gasteiger partial charge in [-0.1, -0.05) is 17.7 Å². The number of nitrogen functional groups attached to an aromatic ring is 1. The third kappa shape index (κ3) is 4.74. The van der Waals surface area contributed by atoms with Crippen molar-refractivity contribution in [2.75, 3.05) is 32.5 Å². The highest BCUT2D eigenvalue weighted by Gasteiger charge is 2.36. The van der Waals surface area contributed by atoms with E-state index in [1.54, 1.807) is 21.9 Å². The monoisotopic (exact) mass is 471 g/mol. The number of halogens is 1. The van der Waals surface area contributed by atoms with Crippen LogP contribution in [0.15, 0.2) is 42.0 Å². The molecule has 2 amide bonds. The molecule has 2 N–H and O–H groups in total. The number of amides is 2. The second-order valence-electron chi connectivity index (χ2n) is 7.39. The van der Waals surface area contributed by atoms with Crippen molar-refractivity contribution >= 4 is 57.5 Å². The fourth-order valence-corrected chi connectivity index (χ4v) is 4.55. The third-order valence-corrected chi connectivity index (χ3v) is 6.41. The smallest absolute Gasteiger partial charge is 0.248 e. The Morgan fingerprint density at radius 2 is 2.19 bits per heavy atom. The summed E-state index contributed by atoms with van der Waals surface area (Å²) in [6.45, 7) is 1.37. The largest absolute Gasteiger partial charge is 0.383 e. The number of ether oxygens (including phenoxy) is 1. The average Bonchev–Trinajstić information content (AvgIpc) is 3.20. The van der Waals surface area contributed by atoms with Gasteiger partial charge in [-0.05, 0) is 40.8 Å². The van der Waals surface area contributed by atoms with E-state index in [1.807, 2.05) is 23.6 Å². The Bertz CT molecular complexity index is 1180. The predicted molar refractivity (Wildman–Crippen MR) is 125 cm³/mol. The van der Waals surface area contributed by atoms with Crippen LogP contribution >= 0.6 is 22.9 Å². The molecule has 0 saturated carbocycles. The minimum atomic E-state index is -0.685. The SMILES string of the molecule is COCC1C(=O)N(Cc2ccc3c(N)ncnc3c2)CCN1C(=O)/C=C/c1csc(Cl)c1. The van der Waals surface area contributed by atoms with E-state index in [-0.39, 0.29) is 18.4 Å². The molecule has 3 aromatic rings. The number of anilines is 1. The molecule has 1 saturated heterocycles. The molecule has 1 aliphatic rings. The lowest BCUT2D eigenvalue weighted by Crippen LogP contribution is -2.59. The van der Waals surface area contributed by atoms with Crippen molar-refractivity contribution in [3.05, 3.63) is 57.5 Å². The maximum atomic E-state index is 13.2. The Labute approximate surface area is 194 Å². The molecule has 166 valence electrons. The molecular weight excluding hydrogens is 450 g/mol. The summed E-state index contributed by atoms with van der Waals surface area (Å²) < 4.78 is 5.91. The quantitative estimate of drug-likeness (QED) is 0.555. The number of piperazine rings is 1. The molecule has 1 atom stereocenters. The van der Waals surface area contributed by atoms with Crippen LogP contribution < -0.4 is 5.73 Å². The second-order valence-corrected chi connectivity index (χ2v) is 8.93. The van der Waals surface area contributed by atoms with Crippen LogP contribution in [0.25, 0.3) is 17.0 Å². The maximum Gasteiger partial charge on any atom is 0.248 e. The van der Waals surface area contributed by atoms with Gasteiger partial charge in [0.1, 0.15) is 18.2 Å². The molecule has 0 aliphatic carbocycles. The van der Waals surface area contributed by atoms with Crippen molar-refractivity contribution in [1.29, 1.82) is 0 Å². The molecule has 1 fully saturated rings. The number of carbonyl (C=O) groups excluding carboxylic acids is 2. The molecule has 4 rings (SSSR count). The number of methoxy groups -OCH3 is 1. The fourth-order valence-electron chi connectivity index (χ4n) is 3.69. The molecular formula is C22H22ClN5O3S. The van der Waals surface area contributed by atoms with Crippen molar-refractivity contribution < 1.29 is 14.3 Å². The van der Waals surface area contributed by atoms with E-state index in [0.29, 0.717) is 29.8 Å². The van der Waals surface area contributed by atoms with E-state index in [4.69, 9.17) is 22.1 Å². The Balaban J connectivity index is 1.48. The number of benzene rings is 1. The highest BCUT2D eigenvalue weighted by Crippen LogP contribution is 2.22. The Kier molecular flexibility index (Phi) is 6.69. The highest BCUT2D eigenvalue weighted by molar-refractivity contribution is 7.14. The van der Waals surface area contributed by atoms with Crippen LogP contribution in [0.5, 0.6) is 0 Å². The minimum absolute atomic E-state index is 0.126. The van der Waals surface area contributed by atoms with Crippen LogP contribution in [-0.2, 0) is 20.9 Å². The van der Waals surface area contributed by atoms with Crippen LogP contribution in [0.1, 0.15) is 11.1 Å². The topological polar surface area (TPSA) is 102 Å². The number of hydrogen-bond donors (Lipinski definition) is 1. The van der Waals surface area contributed by atoms with Crippen molar-refractivity contribution in [1.82, 2.24) is 19.8 Å². The molecule has 3 heterocycles. The van der Waals surface area contributed by atoms with Gasteiger partial charge in [0.2, 0.25) is 11.8 Å². The van der Waals surface area contributed by atoms with E-state index in [0.717, 1.165) is 22.0 Å². The van der Waals surface area contributed by atoms with Crippen LogP contribution in [0.4, 0.5) is 5.82 Å². The van der Waals surface area contributed by atoms with Gasteiger partial charge in [0.05, 0.1) is 16.5 Å². The van der Waals surface area contributed by atoms with E-state index in [9.17, 15) is 9.59 Å². The number of nitrogens with zero attached hydrogens (tertiary/aromatic N) is 4. The van der Waals surface area contributed by atoms with Crippen molar-refractivity contribution in [3.63, 3.8) is 0 Å². The number of rotatable bonds is 6. The normalized spacial score (nSPS) is 16.9. The number of fused-ring (bicyclic) bond motifs is 1. The van der Waals surface area contributed by atoms with E-state index in [1.165, 1.54) is 30.8 Å². The van der Waals surface area contributed by atoms with Gasteiger partial charge in [-0.25, -0.2) is 9.97 Å². The Morgan fingerprint density at radius 3 is 2.94 bits per heavy atom. The van der Waals surface area contributed by atoms with Crippen molar-refractivity contribution in [2.45, 2.75) is 12.6 Å². The van der Waals surface area contributed by atoms with Gasteiger partial charge < -0.3 is 20.3 Å². The van der Waals surface area contributed by atoms with Gasteiger partial charge in [0.15, 0.2) is 0 Å². The lowest BCUT2D eigenvalue weighted by Gasteiger charge is -2.40. The molecule has 1 unspecified atom stereocenters. The second kappa shape index (κ2) is 9.64. The first-order valence-corrected chi connectivity index (χ1v) is 11.2. The summed E-state index contributed by atoms with van der Waals surface area (Å²) in [5, 5.41) is 2.64. The van der Waals surface area contributed by atoms with E-state index in [2.05, 4.69) is 9.97 Å². The van der Waals surface area contributed by atoms with Crippen molar-refractivity contribution in [2.24, 2.45) is 0 Å². The van der Waals surface area contributed by atoms with Crippen LogP contribution in [0.2, 0.25) is 4.34 Å². The first kappa shape index (κ1) is 22.2. The summed E-state index contributed by atoms with van der Waals surface area (Å²) in [6, 6.07) is 6.77. The van der Waals surface area contributed by atoms with Gasteiger partial charge >= 0.3 is 0 Å². The van der Waals surface area contributed by atoms with E-state index < -0.39 is 6.04 Å². The van der Waals surface area contributed by atoms with Crippen LogP contribution in [0.3, 0.4) is 0 Å². The predicted octanol–water partition coefficient (Wildman–Crippen LogP) is 2.83. The Hall–Kier alpha value is -3.01. The zero-order chi connectivity index (χ0) is 22.7. The van der Waals surface area contributed by atoms with Gasteiger partial charge in [0, 0.05) is 38.2 Å². The first-order chi connectivity index (χ1) is 15.5. The van der Waals surface area contributed by atoms with Gasteiger partial charge in [-0.3, -0.25) is 9.59 Å². The zero-order valence-electron chi connectivity index (χ0n) is 17.4. The molecule has 0 radical (unpaired) electrons. The lowest BCUT2D eigenvalue weighted by atomic mass is 10.1. The molecule has 2 aromatic heterocycles. The van der Waals surface area contributed by atoms with Gasteiger partial charge in [-0.15, -0.1) is 11.3 Å². The van der Waals surface area contributed by atoms with E-state index >= 15 is 0 Å². The lowest BCUT2D eigenvalue weighted by molar-refractivity contribution is -0.152. The van der Waals surface area contributed by atoms with Crippen molar-refractivity contribution in [3.8, 4) is 0 Å². The third-order valence-electron chi connectivity index (χ3n) is 5.30. The molecule has 32 heavy (non-hydrogen) atoms. The van der Waals surface area contributed by atoms with Gasteiger partial charge in [-0.2, -0.15) is 0 Å². The fraction of sp³-hybridized carbons (Fsp3) is 0.273. The average molecular weight is 472 g/mol. The van der Waals surface area contributed by atoms with Crippen LogP contribution in [-0.4, -0.2) is 64.4 Å². The molecule has 0 bridgehead atoms. The molecule has 10 heteroatoms. The zero-order valence-corrected chi connectivity index (χ0v) is 19.0. The minimum Gasteiger partial charge on any atom is -0.383 e. The summed E-state index contributed by atoms with van der Waals surface area (Å²) >= 11 is 7.34. The summed E-state index contributed by atoms with van der Waals surface area (Å²) in [5.41, 5.74) is 8.39. The molecule has 8 nitrogen and oxygen atoms in total. The number of nitrogens with two attached hydrogens (primary N) is 1. The number of thiophene rings is 1. The Morgan fingerprint density at radius 1 is 1.34 bits per heavy atom. The molecule has 1 aromatic carbocycles. The first-order valence-electron chi connectivity index (χ1n) is 9.96.